The number of fused-ring (bicyclic) bond motifs is 1. The van der Waals surface area contributed by atoms with Crippen molar-refractivity contribution in [1.82, 2.24) is 14.4 Å². The van der Waals surface area contributed by atoms with E-state index in [1.807, 2.05) is 18.3 Å². The largest absolute Gasteiger partial charge is 0.326 e. The first-order valence-electron chi connectivity index (χ1n) is 7.52. The highest BCUT2D eigenvalue weighted by atomic mass is 15.0. The first-order valence-corrected chi connectivity index (χ1v) is 7.52. The van der Waals surface area contributed by atoms with Crippen molar-refractivity contribution >= 4 is 5.65 Å². The van der Waals surface area contributed by atoms with Crippen LogP contribution in [0.5, 0.6) is 0 Å². The fraction of sp³-hybridized carbons (Fsp3) is 0.0526. The summed E-state index contributed by atoms with van der Waals surface area (Å²) in [6.45, 7) is 0.558. The lowest BCUT2D eigenvalue weighted by Crippen LogP contribution is -1.95. The Morgan fingerprint density at radius 2 is 1.65 bits per heavy atom. The van der Waals surface area contributed by atoms with Gasteiger partial charge in [0.25, 0.3) is 0 Å². The first kappa shape index (κ1) is 13.7. The Morgan fingerprint density at radius 1 is 0.870 bits per heavy atom. The summed E-state index contributed by atoms with van der Waals surface area (Å²) < 4.78 is 2.10. The van der Waals surface area contributed by atoms with Gasteiger partial charge in [0.05, 0.1) is 11.9 Å². The number of imidazole rings is 1. The van der Waals surface area contributed by atoms with E-state index in [0.717, 1.165) is 33.6 Å². The molecule has 4 rings (SSSR count). The molecular weight excluding hydrogens is 284 g/mol. The van der Waals surface area contributed by atoms with Crippen molar-refractivity contribution in [1.29, 1.82) is 0 Å². The Bertz CT molecular complexity index is 940. The van der Waals surface area contributed by atoms with Gasteiger partial charge in [-0.05, 0) is 41.0 Å². The number of benzene rings is 1. The van der Waals surface area contributed by atoms with Gasteiger partial charge in [-0.25, -0.2) is 4.98 Å². The van der Waals surface area contributed by atoms with Crippen LogP contribution in [-0.4, -0.2) is 14.4 Å². The van der Waals surface area contributed by atoms with E-state index in [2.05, 4.69) is 57.0 Å². The molecule has 112 valence electrons. The second-order valence-electron chi connectivity index (χ2n) is 5.42. The smallest absolute Gasteiger partial charge is 0.137 e. The Labute approximate surface area is 134 Å². The quantitative estimate of drug-likeness (QED) is 0.630. The molecule has 4 nitrogen and oxygen atoms in total. The summed E-state index contributed by atoms with van der Waals surface area (Å²) in [6.07, 6.45) is 7.57. The van der Waals surface area contributed by atoms with Crippen molar-refractivity contribution < 1.29 is 0 Å². The molecule has 23 heavy (non-hydrogen) atoms. The molecule has 4 heteroatoms. The Balaban J connectivity index is 1.78. The fourth-order valence-electron chi connectivity index (χ4n) is 2.73. The van der Waals surface area contributed by atoms with Gasteiger partial charge in [-0.3, -0.25) is 9.38 Å². The van der Waals surface area contributed by atoms with Gasteiger partial charge in [0.15, 0.2) is 0 Å². The number of hydrogen-bond acceptors (Lipinski definition) is 3. The molecule has 0 unspecified atom stereocenters. The molecule has 0 fully saturated rings. The van der Waals surface area contributed by atoms with E-state index in [1.165, 1.54) is 0 Å². The van der Waals surface area contributed by atoms with Crippen LogP contribution in [0.15, 0.2) is 73.3 Å². The van der Waals surface area contributed by atoms with Gasteiger partial charge in [-0.1, -0.05) is 24.3 Å². The molecule has 0 amide bonds. The van der Waals surface area contributed by atoms with Crippen LogP contribution >= 0.6 is 0 Å². The van der Waals surface area contributed by atoms with Crippen molar-refractivity contribution in [2.45, 2.75) is 6.54 Å². The lowest BCUT2D eigenvalue weighted by atomic mass is 10.1. The second kappa shape index (κ2) is 5.66. The van der Waals surface area contributed by atoms with Gasteiger partial charge >= 0.3 is 0 Å². The van der Waals surface area contributed by atoms with Crippen molar-refractivity contribution in [2.24, 2.45) is 5.73 Å². The summed E-state index contributed by atoms with van der Waals surface area (Å²) in [4.78, 5) is 8.61. The third kappa shape index (κ3) is 2.49. The summed E-state index contributed by atoms with van der Waals surface area (Å²) in [7, 11) is 0. The molecule has 0 radical (unpaired) electrons. The molecule has 3 aromatic heterocycles. The van der Waals surface area contributed by atoms with Gasteiger partial charge in [-0.15, -0.1) is 0 Å². The Hall–Kier alpha value is -2.98. The average Bonchev–Trinajstić information content (AvgIpc) is 3.05. The lowest BCUT2D eigenvalue weighted by molar-refractivity contribution is 1.07. The Morgan fingerprint density at radius 3 is 2.39 bits per heavy atom. The van der Waals surface area contributed by atoms with Crippen LogP contribution in [0.4, 0.5) is 0 Å². The number of nitrogens with two attached hydrogens (primary N) is 1. The SMILES string of the molecule is NCc1ccc(-c2cnc3cc(-c4ccncc4)ccn23)cc1. The monoisotopic (exact) mass is 300 g/mol. The highest BCUT2D eigenvalue weighted by Crippen LogP contribution is 2.25. The normalized spacial score (nSPS) is 11.0. The van der Waals surface area contributed by atoms with Crippen LogP contribution in [-0.2, 0) is 6.54 Å². The predicted octanol–water partition coefficient (Wildman–Crippen LogP) is 3.52. The maximum Gasteiger partial charge on any atom is 0.137 e. The number of pyridine rings is 2. The van der Waals surface area contributed by atoms with Crippen molar-refractivity contribution in [2.75, 3.05) is 0 Å². The van der Waals surface area contributed by atoms with Crippen LogP contribution in [0.2, 0.25) is 0 Å². The summed E-state index contributed by atoms with van der Waals surface area (Å²) in [5.41, 5.74) is 12.2. The molecule has 2 N–H and O–H groups in total. The third-order valence-electron chi connectivity index (χ3n) is 4.01. The highest BCUT2D eigenvalue weighted by molar-refractivity contribution is 5.70. The van der Waals surface area contributed by atoms with Crippen molar-refractivity contribution in [3.63, 3.8) is 0 Å². The minimum atomic E-state index is 0.558. The zero-order chi connectivity index (χ0) is 15.6. The molecular formula is C19H16N4. The van der Waals surface area contributed by atoms with E-state index in [9.17, 15) is 0 Å². The van der Waals surface area contributed by atoms with Gasteiger partial charge in [0.1, 0.15) is 5.65 Å². The van der Waals surface area contributed by atoms with Gasteiger partial charge < -0.3 is 5.73 Å². The predicted molar refractivity (Wildman–Crippen MR) is 91.8 cm³/mol. The Kier molecular flexibility index (Phi) is 3.37. The van der Waals surface area contributed by atoms with E-state index in [-0.39, 0.29) is 0 Å². The molecule has 0 bridgehead atoms. The molecule has 3 heterocycles. The molecule has 1 aromatic carbocycles. The van der Waals surface area contributed by atoms with Crippen molar-refractivity contribution in [3.8, 4) is 22.4 Å². The minimum absolute atomic E-state index is 0.558. The topological polar surface area (TPSA) is 56.2 Å². The van der Waals surface area contributed by atoms with Crippen LogP contribution in [0.3, 0.4) is 0 Å². The van der Waals surface area contributed by atoms with E-state index >= 15 is 0 Å². The highest BCUT2D eigenvalue weighted by Gasteiger charge is 2.07. The summed E-state index contributed by atoms with van der Waals surface area (Å²) >= 11 is 0. The van der Waals surface area contributed by atoms with Gasteiger partial charge in [0.2, 0.25) is 0 Å². The molecule has 4 aromatic rings. The number of rotatable bonds is 3. The third-order valence-corrected chi connectivity index (χ3v) is 4.01. The molecule has 0 aliphatic rings. The molecule has 0 atom stereocenters. The summed E-state index contributed by atoms with van der Waals surface area (Å²) in [5.74, 6) is 0. The van der Waals surface area contributed by atoms with Crippen LogP contribution in [0, 0.1) is 0 Å². The van der Waals surface area contributed by atoms with Crippen LogP contribution < -0.4 is 5.73 Å². The van der Waals surface area contributed by atoms with E-state index < -0.39 is 0 Å². The minimum Gasteiger partial charge on any atom is -0.326 e. The summed E-state index contributed by atoms with van der Waals surface area (Å²) in [6, 6.07) is 16.5. The second-order valence-corrected chi connectivity index (χ2v) is 5.42. The summed E-state index contributed by atoms with van der Waals surface area (Å²) in [5, 5.41) is 0. The molecule has 0 aliphatic heterocycles. The lowest BCUT2D eigenvalue weighted by Gasteiger charge is -2.05. The number of nitrogens with zero attached hydrogens (tertiary/aromatic N) is 3. The molecule has 0 spiro atoms. The van der Waals surface area contributed by atoms with Gasteiger partial charge in [-0.2, -0.15) is 0 Å². The number of aromatic nitrogens is 3. The molecule has 0 saturated carbocycles. The zero-order valence-corrected chi connectivity index (χ0v) is 12.6. The van der Waals surface area contributed by atoms with Crippen molar-refractivity contribution in [3.05, 3.63) is 78.9 Å². The molecule has 0 aliphatic carbocycles. The average molecular weight is 300 g/mol. The maximum atomic E-state index is 5.66. The maximum absolute atomic E-state index is 5.66. The standard InChI is InChI=1S/C19H16N4/c20-12-14-1-3-16(4-2-14)18-13-22-19-11-17(7-10-23(18)19)15-5-8-21-9-6-15/h1-11,13H,12,20H2. The fourth-order valence-corrected chi connectivity index (χ4v) is 2.73. The van der Waals surface area contributed by atoms with Crippen LogP contribution in [0.1, 0.15) is 5.56 Å². The van der Waals surface area contributed by atoms with E-state index in [0.29, 0.717) is 6.54 Å². The number of hydrogen-bond donors (Lipinski definition) is 1. The first-order chi connectivity index (χ1) is 11.3. The zero-order valence-electron chi connectivity index (χ0n) is 12.6. The molecule has 0 saturated heterocycles. The van der Waals surface area contributed by atoms with Gasteiger partial charge in [0, 0.05) is 30.7 Å². The van der Waals surface area contributed by atoms with Crippen LogP contribution in [0.25, 0.3) is 28.0 Å². The van der Waals surface area contributed by atoms with E-state index in [4.69, 9.17) is 5.73 Å². The van der Waals surface area contributed by atoms with E-state index in [1.54, 1.807) is 12.4 Å².